The minimum atomic E-state index is -0.274. The molecule has 21 heavy (non-hydrogen) atoms. The lowest BCUT2D eigenvalue weighted by Crippen LogP contribution is -2.43. The van der Waals surface area contributed by atoms with Crippen LogP contribution in [-0.4, -0.2) is 41.7 Å². The molecule has 116 valence electrons. The topological polar surface area (TPSA) is 54.2 Å². The number of rotatable bonds is 2. The molecular weight excluding hydrogens is 318 g/mol. The largest absolute Gasteiger partial charge is 0.337 e. The molecule has 0 aliphatic carbocycles. The Balaban J connectivity index is 0.00000110. The van der Waals surface area contributed by atoms with Crippen molar-refractivity contribution in [2.24, 2.45) is 0 Å². The number of likely N-dealkylation sites (N-methyl/N-ethyl adjacent to an activating group) is 1. The van der Waals surface area contributed by atoms with Crippen molar-refractivity contribution in [1.29, 1.82) is 0 Å². The Morgan fingerprint density at radius 2 is 2.00 bits per heavy atom. The molecule has 1 N–H and O–H groups in total. The smallest absolute Gasteiger partial charge is 0.245 e. The Kier molecular flexibility index (Phi) is 6.54. The first kappa shape index (κ1) is 17.8. The molecule has 1 aliphatic rings. The van der Waals surface area contributed by atoms with Crippen LogP contribution < -0.4 is 5.32 Å². The summed E-state index contributed by atoms with van der Waals surface area (Å²) in [5.41, 5.74) is 0.753. The molecule has 1 unspecified atom stereocenters. The van der Waals surface area contributed by atoms with Gasteiger partial charge in [-0.05, 0) is 31.3 Å². The first-order chi connectivity index (χ1) is 9.24. The van der Waals surface area contributed by atoms with E-state index in [0.717, 1.165) is 25.2 Å². The van der Waals surface area contributed by atoms with Crippen LogP contribution in [0.15, 0.2) is 28.8 Å². The highest BCUT2D eigenvalue weighted by atomic mass is 35.5. The third-order valence-electron chi connectivity index (χ3n) is 3.34. The van der Waals surface area contributed by atoms with Crippen LogP contribution >= 0.6 is 24.8 Å². The standard InChI is InChI=1S/C13H15FN4O.2ClH/c1-18-7-6-15-8-11(18)13-16-12(17-19-13)9-2-4-10(14)5-3-9;;/h2-5,11,15H,6-8H2,1H3;2*1H. The number of hydrogen-bond acceptors (Lipinski definition) is 5. The van der Waals surface area contributed by atoms with E-state index < -0.39 is 0 Å². The molecule has 0 spiro atoms. The second-order valence-electron chi connectivity index (χ2n) is 4.66. The van der Waals surface area contributed by atoms with Gasteiger partial charge in [-0.25, -0.2) is 4.39 Å². The highest BCUT2D eigenvalue weighted by Crippen LogP contribution is 2.22. The molecule has 1 aromatic heterocycles. The zero-order chi connectivity index (χ0) is 13.2. The number of halogens is 3. The highest BCUT2D eigenvalue weighted by Gasteiger charge is 2.26. The molecule has 0 amide bonds. The normalized spacial score (nSPS) is 18.7. The fraction of sp³-hybridized carbons (Fsp3) is 0.385. The van der Waals surface area contributed by atoms with Gasteiger partial charge in [-0.3, -0.25) is 4.90 Å². The van der Waals surface area contributed by atoms with Crippen molar-refractivity contribution >= 4 is 24.8 Å². The van der Waals surface area contributed by atoms with Crippen LogP contribution in [0.5, 0.6) is 0 Å². The van der Waals surface area contributed by atoms with Gasteiger partial charge in [0, 0.05) is 25.2 Å². The van der Waals surface area contributed by atoms with Gasteiger partial charge in [-0.2, -0.15) is 4.98 Å². The molecule has 0 radical (unpaired) electrons. The number of piperazine rings is 1. The van der Waals surface area contributed by atoms with E-state index in [2.05, 4.69) is 20.4 Å². The molecule has 3 rings (SSSR count). The second-order valence-corrected chi connectivity index (χ2v) is 4.66. The van der Waals surface area contributed by atoms with E-state index in [1.165, 1.54) is 12.1 Å². The second kappa shape index (κ2) is 7.70. The lowest BCUT2D eigenvalue weighted by Gasteiger charge is -2.30. The zero-order valence-electron chi connectivity index (χ0n) is 11.5. The van der Waals surface area contributed by atoms with Gasteiger partial charge in [-0.1, -0.05) is 5.16 Å². The van der Waals surface area contributed by atoms with Gasteiger partial charge in [0.1, 0.15) is 11.9 Å². The average Bonchev–Trinajstić information content (AvgIpc) is 2.89. The minimum Gasteiger partial charge on any atom is -0.337 e. The monoisotopic (exact) mass is 334 g/mol. The first-order valence-electron chi connectivity index (χ1n) is 6.24. The molecule has 0 saturated carbocycles. The number of nitrogens with zero attached hydrogens (tertiary/aromatic N) is 3. The van der Waals surface area contributed by atoms with Crippen LogP contribution in [-0.2, 0) is 0 Å². The third-order valence-corrected chi connectivity index (χ3v) is 3.34. The van der Waals surface area contributed by atoms with Gasteiger partial charge in [0.05, 0.1) is 0 Å². The lowest BCUT2D eigenvalue weighted by atomic mass is 10.2. The maximum Gasteiger partial charge on any atom is 0.245 e. The number of benzene rings is 1. The lowest BCUT2D eigenvalue weighted by molar-refractivity contribution is 0.163. The van der Waals surface area contributed by atoms with E-state index >= 15 is 0 Å². The summed E-state index contributed by atoms with van der Waals surface area (Å²) in [7, 11) is 2.03. The van der Waals surface area contributed by atoms with E-state index in [0.29, 0.717) is 11.7 Å². The van der Waals surface area contributed by atoms with Crippen molar-refractivity contribution in [3.05, 3.63) is 36.0 Å². The number of hydrogen-bond donors (Lipinski definition) is 1. The van der Waals surface area contributed by atoms with Gasteiger partial charge in [-0.15, -0.1) is 24.8 Å². The van der Waals surface area contributed by atoms with Crippen LogP contribution in [0.25, 0.3) is 11.4 Å². The van der Waals surface area contributed by atoms with E-state index in [1.54, 1.807) is 12.1 Å². The van der Waals surface area contributed by atoms with Crippen LogP contribution in [0, 0.1) is 5.82 Å². The first-order valence-corrected chi connectivity index (χ1v) is 6.24. The van der Waals surface area contributed by atoms with E-state index in [4.69, 9.17) is 4.52 Å². The van der Waals surface area contributed by atoms with Crippen molar-refractivity contribution in [2.75, 3.05) is 26.7 Å². The number of aromatic nitrogens is 2. The predicted molar refractivity (Wildman–Crippen MR) is 82.4 cm³/mol. The van der Waals surface area contributed by atoms with Crippen LogP contribution in [0.2, 0.25) is 0 Å². The molecule has 1 fully saturated rings. The summed E-state index contributed by atoms with van der Waals surface area (Å²) in [5, 5.41) is 7.26. The molecular formula is C13H17Cl2FN4O. The van der Waals surface area contributed by atoms with Crippen molar-refractivity contribution in [3.8, 4) is 11.4 Å². The fourth-order valence-electron chi connectivity index (χ4n) is 2.17. The fourth-order valence-corrected chi connectivity index (χ4v) is 2.17. The maximum absolute atomic E-state index is 12.9. The van der Waals surface area contributed by atoms with Crippen LogP contribution in [0.4, 0.5) is 4.39 Å². The summed E-state index contributed by atoms with van der Waals surface area (Å²) < 4.78 is 18.2. The van der Waals surface area contributed by atoms with Crippen molar-refractivity contribution < 1.29 is 8.91 Å². The molecule has 2 aromatic rings. The molecule has 1 saturated heterocycles. The molecule has 0 bridgehead atoms. The molecule has 1 atom stereocenters. The maximum atomic E-state index is 12.9. The molecule has 2 heterocycles. The highest BCUT2D eigenvalue weighted by molar-refractivity contribution is 5.85. The van der Waals surface area contributed by atoms with Gasteiger partial charge < -0.3 is 9.84 Å². The van der Waals surface area contributed by atoms with Crippen molar-refractivity contribution in [1.82, 2.24) is 20.4 Å². The van der Waals surface area contributed by atoms with E-state index in [1.807, 2.05) is 7.05 Å². The summed E-state index contributed by atoms with van der Waals surface area (Å²) in [6, 6.07) is 6.16. The quantitative estimate of drug-likeness (QED) is 0.913. The minimum absolute atomic E-state index is 0. The summed E-state index contributed by atoms with van der Waals surface area (Å²) in [5.74, 6) is 0.812. The van der Waals surface area contributed by atoms with Crippen LogP contribution in [0.3, 0.4) is 0 Å². The molecule has 1 aromatic carbocycles. The predicted octanol–water partition coefficient (Wildman–Crippen LogP) is 2.30. The number of nitrogens with one attached hydrogen (secondary N) is 1. The Labute approximate surface area is 134 Å². The zero-order valence-corrected chi connectivity index (χ0v) is 13.1. The Morgan fingerprint density at radius 3 is 2.67 bits per heavy atom. The average molecular weight is 335 g/mol. The molecule has 1 aliphatic heterocycles. The Bertz CT molecular complexity index is 564. The third kappa shape index (κ3) is 3.91. The summed E-state index contributed by atoms with van der Waals surface area (Å²) in [6.07, 6.45) is 0. The summed E-state index contributed by atoms with van der Waals surface area (Å²) in [6.45, 7) is 2.70. The van der Waals surface area contributed by atoms with Gasteiger partial charge in [0.25, 0.3) is 0 Å². The van der Waals surface area contributed by atoms with Crippen molar-refractivity contribution in [3.63, 3.8) is 0 Å². The SMILES string of the molecule is CN1CCNCC1c1nc(-c2ccc(F)cc2)no1.Cl.Cl. The van der Waals surface area contributed by atoms with Crippen molar-refractivity contribution in [2.45, 2.75) is 6.04 Å². The molecule has 8 heteroatoms. The summed E-state index contributed by atoms with van der Waals surface area (Å²) >= 11 is 0. The Morgan fingerprint density at radius 1 is 1.29 bits per heavy atom. The van der Waals surface area contributed by atoms with Gasteiger partial charge >= 0.3 is 0 Å². The summed E-state index contributed by atoms with van der Waals surface area (Å²) in [4.78, 5) is 6.58. The van der Waals surface area contributed by atoms with Crippen LogP contribution in [0.1, 0.15) is 11.9 Å². The molecule has 5 nitrogen and oxygen atoms in total. The van der Waals surface area contributed by atoms with E-state index in [-0.39, 0.29) is 36.7 Å². The van der Waals surface area contributed by atoms with Gasteiger partial charge in [0.15, 0.2) is 0 Å². The Hall–Kier alpha value is -1.21. The van der Waals surface area contributed by atoms with E-state index in [9.17, 15) is 4.39 Å². The van der Waals surface area contributed by atoms with Gasteiger partial charge in [0.2, 0.25) is 11.7 Å².